The average molecular weight is 414 g/mol. The lowest BCUT2D eigenvalue weighted by Crippen LogP contribution is -3.14. The molecular formula is C21H25N4OS2+. The van der Waals surface area contributed by atoms with Crippen LogP contribution in [0.1, 0.15) is 10.6 Å². The van der Waals surface area contributed by atoms with Gasteiger partial charge in [-0.3, -0.25) is 0 Å². The van der Waals surface area contributed by atoms with E-state index in [0.29, 0.717) is 5.11 Å². The van der Waals surface area contributed by atoms with Crippen molar-refractivity contribution in [3.05, 3.63) is 59.1 Å². The number of benzene rings is 2. The van der Waals surface area contributed by atoms with Crippen LogP contribution in [0.3, 0.4) is 0 Å². The van der Waals surface area contributed by atoms with E-state index >= 15 is 0 Å². The molecule has 0 bridgehead atoms. The molecule has 2 aromatic carbocycles. The van der Waals surface area contributed by atoms with E-state index < -0.39 is 0 Å². The molecule has 3 aromatic rings. The Hall–Kier alpha value is -2.06. The normalized spacial score (nSPS) is 14.9. The zero-order valence-corrected chi connectivity index (χ0v) is 17.4. The minimum absolute atomic E-state index is 0.673. The first-order valence-electron chi connectivity index (χ1n) is 9.66. The number of thiocarbonyl (C=S) groups is 1. The van der Waals surface area contributed by atoms with Gasteiger partial charge in [-0.1, -0.05) is 24.3 Å². The molecule has 0 radical (unpaired) electrons. The first-order valence-corrected chi connectivity index (χ1v) is 10.9. The fourth-order valence-corrected chi connectivity index (χ4v) is 4.54. The molecule has 5 nitrogen and oxygen atoms in total. The molecule has 1 fully saturated rings. The molecular weight excluding hydrogens is 388 g/mol. The number of nitrogens with zero attached hydrogens (tertiary/aromatic N) is 1. The van der Waals surface area contributed by atoms with E-state index in [1.807, 2.05) is 6.07 Å². The third-order valence-electron chi connectivity index (χ3n) is 4.87. The van der Waals surface area contributed by atoms with Crippen molar-refractivity contribution in [3.8, 4) is 0 Å². The summed E-state index contributed by atoms with van der Waals surface area (Å²) < 4.78 is 6.63. The number of anilines is 1. The highest BCUT2D eigenvalue weighted by atomic mass is 32.1. The minimum atomic E-state index is 0.673. The second-order valence-corrected chi connectivity index (χ2v) is 8.47. The van der Waals surface area contributed by atoms with Gasteiger partial charge in [0, 0.05) is 12.1 Å². The molecule has 28 heavy (non-hydrogen) atoms. The number of hydrogen-bond acceptors (Lipinski definition) is 4. The molecule has 1 aliphatic rings. The summed E-state index contributed by atoms with van der Waals surface area (Å²) in [5.74, 6) is 0. The lowest BCUT2D eigenvalue weighted by atomic mass is 10.1. The van der Waals surface area contributed by atoms with Gasteiger partial charge in [0.25, 0.3) is 0 Å². The molecule has 2 heterocycles. The topological polar surface area (TPSA) is 50.6 Å². The van der Waals surface area contributed by atoms with Gasteiger partial charge in [0.2, 0.25) is 0 Å². The molecule has 0 atom stereocenters. The predicted molar refractivity (Wildman–Crippen MR) is 119 cm³/mol. The van der Waals surface area contributed by atoms with Crippen molar-refractivity contribution in [2.45, 2.75) is 6.42 Å². The maximum atomic E-state index is 5.41. The van der Waals surface area contributed by atoms with E-state index in [1.165, 1.54) is 10.3 Å². The number of thiazole rings is 1. The summed E-state index contributed by atoms with van der Waals surface area (Å²) in [4.78, 5) is 6.28. The Balaban J connectivity index is 1.25. The van der Waals surface area contributed by atoms with E-state index in [9.17, 15) is 0 Å². The van der Waals surface area contributed by atoms with Crippen LogP contribution in [0.4, 0.5) is 5.69 Å². The van der Waals surface area contributed by atoms with E-state index in [-0.39, 0.29) is 0 Å². The van der Waals surface area contributed by atoms with E-state index in [1.54, 1.807) is 16.2 Å². The summed E-state index contributed by atoms with van der Waals surface area (Å²) in [7, 11) is 0. The maximum Gasteiger partial charge on any atom is 0.170 e. The molecule has 0 unspecified atom stereocenters. The number of morpholine rings is 1. The second kappa shape index (κ2) is 9.43. The molecule has 0 saturated carbocycles. The average Bonchev–Trinajstić information content (AvgIpc) is 3.12. The van der Waals surface area contributed by atoms with Crippen LogP contribution in [0.2, 0.25) is 0 Å². The van der Waals surface area contributed by atoms with Crippen molar-refractivity contribution >= 4 is 44.6 Å². The molecule has 3 N–H and O–H groups in total. The van der Waals surface area contributed by atoms with Crippen molar-refractivity contribution in [1.82, 2.24) is 10.3 Å². The van der Waals surface area contributed by atoms with Crippen LogP contribution in [0.25, 0.3) is 10.2 Å². The van der Waals surface area contributed by atoms with E-state index in [0.717, 1.165) is 62.0 Å². The van der Waals surface area contributed by atoms with Crippen LogP contribution in [0, 0.1) is 0 Å². The summed E-state index contributed by atoms with van der Waals surface area (Å²) in [6.07, 6.45) is 0.852. The fourth-order valence-electron chi connectivity index (χ4n) is 3.31. The standard InChI is InChI=1S/C21H24N4OS2/c27-21(22-9-10-25-11-13-26-14-12-25)23-17-7-5-16(6-8-17)15-20-24-18-3-1-2-4-19(18)28-20/h1-8H,9-15H2,(H2,22,23,27)/p+1. The number of nitrogens with one attached hydrogen (secondary N) is 3. The summed E-state index contributed by atoms with van der Waals surface area (Å²) >= 11 is 7.17. The first kappa shape index (κ1) is 19.3. The first-order chi connectivity index (χ1) is 13.8. The van der Waals surface area contributed by atoms with Crippen molar-refractivity contribution in [3.63, 3.8) is 0 Å². The van der Waals surface area contributed by atoms with E-state index in [4.69, 9.17) is 21.9 Å². The minimum Gasteiger partial charge on any atom is -0.370 e. The zero-order chi connectivity index (χ0) is 19.2. The number of hydrogen-bond donors (Lipinski definition) is 3. The molecule has 0 aliphatic carbocycles. The van der Waals surface area contributed by atoms with E-state index in [2.05, 4.69) is 53.1 Å². The third kappa shape index (κ3) is 5.26. The van der Waals surface area contributed by atoms with Crippen molar-refractivity contribution in [2.24, 2.45) is 0 Å². The lowest BCUT2D eigenvalue weighted by Gasteiger charge is -2.24. The van der Waals surface area contributed by atoms with Crippen LogP contribution in [0.15, 0.2) is 48.5 Å². The lowest BCUT2D eigenvalue weighted by molar-refractivity contribution is -0.906. The number of para-hydroxylation sites is 1. The highest BCUT2D eigenvalue weighted by Crippen LogP contribution is 2.24. The molecule has 1 saturated heterocycles. The smallest absolute Gasteiger partial charge is 0.170 e. The van der Waals surface area contributed by atoms with Crippen molar-refractivity contribution in [1.29, 1.82) is 0 Å². The van der Waals surface area contributed by atoms with Crippen LogP contribution in [0.5, 0.6) is 0 Å². The zero-order valence-electron chi connectivity index (χ0n) is 15.7. The molecule has 146 valence electrons. The van der Waals surface area contributed by atoms with Crippen LogP contribution < -0.4 is 15.5 Å². The Morgan fingerprint density at radius 2 is 1.89 bits per heavy atom. The van der Waals surface area contributed by atoms with Gasteiger partial charge in [-0.25, -0.2) is 4.98 Å². The van der Waals surface area contributed by atoms with Gasteiger partial charge in [0.1, 0.15) is 13.1 Å². The number of quaternary nitrogens is 1. The Bertz CT molecular complexity index is 887. The van der Waals surface area contributed by atoms with Crippen molar-refractivity contribution < 1.29 is 9.64 Å². The monoisotopic (exact) mass is 413 g/mol. The predicted octanol–water partition coefficient (Wildman–Crippen LogP) is 2.09. The maximum absolute atomic E-state index is 5.41. The summed E-state index contributed by atoms with van der Waals surface area (Å²) in [5.41, 5.74) is 3.33. The molecule has 7 heteroatoms. The van der Waals surface area contributed by atoms with Crippen LogP contribution in [-0.2, 0) is 11.2 Å². The summed E-state index contributed by atoms with van der Waals surface area (Å²) in [6, 6.07) is 16.7. The fraction of sp³-hybridized carbons (Fsp3) is 0.333. The molecule has 4 rings (SSSR count). The molecule has 0 amide bonds. The Kier molecular flexibility index (Phi) is 6.49. The third-order valence-corrected chi connectivity index (χ3v) is 6.15. The van der Waals surface area contributed by atoms with Gasteiger partial charge in [-0.15, -0.1) is 11.3 Å². The Morgan fingerprint density at radius 3 is 2.68 bits per heavy atom. The summed E-state index contributed by atoms with van der Waals surface area (Å²) in [6.45, 7) is 5.82. The van der Waals surface area contributed by atoms with Gasteiger partial charge < -0.3 is 20.3 Å². The second-order valence-electron chi connectivity index (χ2n) is 6.94. The molecule has 1 aliphatic heterocycles. The largest absolute Gasteiger partial charge is 0.370 e. The van der Waals surface area contributed by atoms with Gasteiger partial charge in [0.05, 0.1) is 41.5 Å². The Morgan fingerprint density at radius 1 is 1.11 bits per heavy atom. The van der Waals surface area contributed by atoms with Gasteiger partial charge in [0.15, 0.2) is 5.11 Å². The highest BCUT2D eigenvalue weighted by molar-refractivity contribution is 7.80. The number of ether oxygens (including phenoxy) is 1. The number of rotatable bonds is 6. The van der Waals surface area contributed by atoms with Crippen molar-refractivity contribution in [2.75, 3.05) is 44.7 Å². The number of aromatic nitrogens is 1. The quantitative estimate of drug-likeness (QED) is 0.541. The molecule has 1 aromatic heterocycles. The highest BCUT2D eigenvalue weighted by Gasteiger charge is 2.13. The summed E-state index contributed by atoms with van der Waals surface area (Å²) in [5, 5.41) is 8.38. The Labute approximate surface area is 174 Å². The SMILES string of the molecule is S=C(NCC[NH+]1CCOCC1)Nc1ccc(Cc2nc3ccccc3s2)cc1. The van der Waals surface area contributed by atoms with Gasteiger partial charge in [-0.2, -0.15) is 0 Å². The number of fused-ring (bicyclic) bond motifs is 1. The van der Waals surface area contributed by atoms with Crippen LogP contribution in [-0.4, -0.2) is 49.5 Å². The molecule has 0 spiro atoms. The van der Waals surface area contributed by atoms with Gasteiger partial charge >= 0.3 is 0 Å². The van der Waals surface area contributed by atoms with Crippen LogP contribution >= 0.6 is 23.6 Å². The van der Waals surface area contributed by atoms with Gasteiger partial charge in [-0.05, 0) is 42.0 Å².